The number of rotatable bonds is 8. The largest absolute Gasteiger partial charge is 0.444 e. The number of carbonyl (C=O) groups excluding carboxylic acids is 1. The fourth-order valence-corrected chi connectivity index (χ4v) is 5.39. The Balaban J connectivity index is 1.12. The molecule has 0 radical (unpaired) electrons. The van der Waals surface area contributed by atoms with Crippen LogP contribution >= 0.6 is 0 Å². The van der Waals surface area contributed by atoms with Crippen LogP contribution in [0.2, 0.25) is 0 Å². The molecule has 0 spiro atoms. The van der Waals surface area contributed by atoms with E-state index in [4.69, 9.17) is 4.74 Å². The quantitative estimate of drug-likeness (QED) is 0.380. The van der Waals surface area contributed by atoms with Crippen LogP contribution in [0.5, 0.6) is 0 Å². The first kappa shape index (κ1) is 26.7. The highest BCUT2D eigenvalue weighted by atomic mass is 16.6. The Kier molecular flexibility index (Phi) is 7.18. The summed E-state index contributed by atoms with van der Waals surface area (Å²) < 4.78 is 7.61. The fraction of sp³-hybridized carbons (Fsp3) is 0.600. The lowest BCUT2D eigenvalue weighted by atomic mass is 10.0. The van der Waals surface area contributed by atoms with E-state index >= 15 is 0 Å². The van der Waals surface area contributed by atoms with E-state index in [1.54, 1.807) is 0 Å². The Morgan fingerprint density at radius 3 is 2.62 bits per heavy atom. The minimum absolute atomic E-state index is 0.103. The Labute approximate surface area is 236 Å². The van der Waals surface area contributed by atoms with E-state index in [0.29, 0.717) is 11.8 Å². The van der Waals surface area contributed by atoms with Crippen molar-refractivity contribution in [3.05, 3.63) is 48.0 Å². The molecule has 0 aromatic carbocycles. The third-order valence-electron chi connectivity index (χ3n) is 8.05. The first-order valence-electron chi connectivity index (χ1n) is 14.7. The molecule has 3 aromatic heterocycles. The topological polar surface area (TPSA) is 102 Å². The number of piperidine rings is 1. The fourth-order valence-electron chi connectivity index (χ4n) is 5.39. The maximum absolute atomic E-state index is 13.1. The van der Waals surface area contributed by atoms with Crippen LogP contribution < -0.4 is 4.90 Å². The molecule has 1 unspecified atom stereocenters. The van der Waals surface area contributed by atoms with Crippen molar-refractivity contribution < 1.29 is 9.53 Å². The van der Waals surface area contributed by atoms with Gasteiger partial charge in [-0.3, -0.25) is 4.98 Å². The van der Waals surface area contributed by atoms with Crippen molar-refractivity contribution in [1.29, 1.82) is 0 Å². The van der Waals surface area contributed by atoms with Crippen molar-refractivity contribution >= 4 is 11.9 Å². The van der Waals surface area contributed by atoms with Crippen molar-refractivity contribution in [2.24, 2.45) is 5.92 Å². The summed E-state index contributed by atoms with van der Waals surface area (Å²) in [6.45, 7) is 10.2. The molecule has 0 bridgehead atoms. The SMILES string of the molecule is CC(c1ccc(N2CCC[C@@H](N(CC3CC3)C(=O)OC(C)(C)C)C2)nn1)n1cc(-c2cncc(C3CC3)c2)nn1. The van der Waals surface area contributed by atoms with Gasteiger partial charge in [-0.25, -0.2) is 9.48 Å². The molecule has 1 saturated heterocycles. The average molecular weight is 545 g/mol. The normalized spacial score (nSPS) is 20.3. The Hall–Kier alpha value is -3.56. The third-order valence-corrected chi connectivity index (χ3v) is 8.05. The van der Waals surface area contributed by atoms with E-state index in [-0.39, 0.29) is 18.2 Å². The van der Waals surface area contributed by atoms with Crippen molar-refractivity contribution in [2.75, 3.05) is 24.5 Å². The highest BCUT2D eigenvalue weighted by molar-refractivity contribution is 5.69. The van der Waals surface area contributed by atoms with Crippen LogP contribution in [0, 0.1) is 5.92 Å². The summed E-state index contributed by atoms with van der Waals surface area (Å²) in [6, 6.07) is 6.21. The standard InChI is InChI=1S/C30H40N8O2/c1-20(38-19-27(33-35-38)24-14-23(15-31-16-24)22-9-10-22)26-11-12-28(34-32-26)36-13-5-6-25(18-36)37(17-21-7-8-21)29(39)40-30(2,3)4/h11-12,14-16,19-22,25H,5-10,13,17-18H2,1-4H3/t20?,25-/m1/s1. The summed E-state index contributed by atoms with van der Waals surface area (Å²) in [6.07, 6.45) is 12.4. The van der Waals surface area contributed by atoms with Crippen LogP contribution in [-0.2, 0) is 4.74 Å². The van der Waals surface area contributed by atoms with Gasteiger partial charge in [-0.1, -0.05) is 5.21 Å². The molecule has 3 aromatic rings. The summed E-state index contributed by atoms with van der Waals surface area (Å²) in [4.78, 5) is 21.7. The van der Waals surface area contributed by atoms with E-state index in [1.807, 2.05) is 61.1 Å². The Morgan fingerprint density at radius 2 is 1.93 bits per heavy atom. The number of ether oxygens (including phenoxy) is 1. The minimum Gasteiger partial charge on any atom is -0.444 e. The van der Waals surface area contributed by atoms with E-state index in [9.17, 15) is 4.79 Å². The van der Waals surface area contributed by atoms with Gasteiger partial charge in [0.25, 0.3) is 0 Å². The van der Waals surface area contributed by atoms with Gasteiger partial charge >= 0.3 is 6.09 Å². The maximum Gasteiger partial charge on any atom is 0.410 e. The first-order chi connectivity index (χ1) is 19.2. The van der Waals surface area contributed by atoms with Crippen LogP contribution in [-0.4, -0.2) is 72.4 Å². The van der Waals surface area contributed by atoms with Crippen molar-refractivity contribution in [2.45, 2.75) is 89.8 Å². The molecule has 1 aliphatic heterocycles. The summed E-state index contributed by atoms with van der Waals surface area (Å²) in [7, 11) is 0. The lowest BCUT2D eigenvalue weighted by Gasteiger charge is -2.40. The summed E-state index contributed by atoms with van der Waals surface area (Å²) in [5.41, 5.74) is 3.40. The second-order valence-electron chi connectivity index (χ2n) is 12.7. The molecular formula is C30H40N8O2. The zero-order valence-electron chi connectivity index (χ0n) is 24.0. The predicted octanol–water partition coefficient (Wildman–Crippen LogP) is 5.23. The smallest absolute Gasteiger partial charge is 0.410 e. The lowest BCUT2D eigenvalue weighted by Crippen LogP contribution is -2.52. The number of hydrogen-bond acceptors (Lipinski definition) is 8. The van der Waals surface area contributed by atoms with Crippen LogP contribution in [0.4, 0.5) is 10.6 Å². The number of carbonyl (C=O) groups is 1. The van der Waals surface area contributed by atoms with Crippen molar-refractivity contribution in [1.82, 2.24) is 35.1 Å². The lowest BCUT2D eigenvalue weighted by molar-refractivity contribution is 0.0134. The summed E-state index contributed by atoms with van der Waals surface area (Å²) in [5, 5.41) is 18.0. The molecule has 10 heteroatoms. The zero-order valence-corrected chi connectivity index (χ0v) is 24.0. The van der Waals surface area contributed by atoms with Crippen molar-refractivity contribution in [3.8, 4) is 11.3 Å². The van der Waals surface area contributed by atoms with Gasteiger partial charge in [0.15, 0.2) is 5.82 Å². The molecule has 3 aliphatic rings. The van der Waals surface area contributed by atoms with E-state index < -0.39 is 5.60 Å². The predicted molar refractivity (Wildman–Crippen MR) is 152 cm³/mol. The molecular weight excluding hydrogens is 504 g/mol. The highest BCUT2D eigenvalue weighted by Crippen LogP contribution is 2.40. The monoisotopic (exact) mass is 544 g/mol. The molecule has 212 valence electrons. The average Bonchev–Trinajstić information content (AvgIpc) is 3.89. The molecule has 10 nitrogen and oxygen atoms in total. The second-order valence-corrected chi connectivity index (χ2v) is 12.7. The number of aromatic nitrogens is 6. The van der Waals surface area contributed by atoms with Crippen LogP contribution in [0.1, 0.15) is 89.4 Å². The van der Waals surface area contributed by atoms with Gasteiger partial charge in [-0.05, 0) is 102 Å². The molecule has 4 heterocycles. The van der Waals surface area contributed by atoms with Crippen LogP contribution in [0.3, 0.4) is 0 Å². The Bertz CT molecular complexity index is 1330. The maximum atomic E-state index is 13.1. The van der Waals surface area contributed by atoms with Gasteiger partial charge in [0, 0.05) is 37.6 Å². The summed E-state index contributed by atoms with van der Waals surface area (Å²) in [5.74, 6) is 2.07. The zero-order chi connectivity index (χ0) is 27.9. The van der Waals surface area contributed by atoms with Crippen LogP contribution in [0.25, 0.3) is 11.3 Å². The van der Waals surface area contributed by atoms with Crippen LogP contribution in [0.15, 0.2) is 36.8 Å². The van der Waals surface area contributed by atoms with Gasteiger partial charge in [0.2, 0.25) is 0 Å². The summed E-state index contributed by atoms with van der Waals surface area (Å²) >= 11 is 0. The molecule has 40 heavy (non-hydrogen) atoms. The highest BCUT2D eigenvalue weighted by Gasteiger charge is 2.36. The van der Waals surface area contributed by atoms with E-state index in [2.05, 4.69) is 43.4 Å². The van der Waals surface area contributed by atoms with E-state index in [1.165, 1.54) is 31.2 Å². The van der Waals surface area contributed by atoms with Crippen molar-refractivity contribution in [3.63, 3.8) is 0 Å². The third kappa shape index (κ3) is 6.26. The molecule has 3 fully saturated rings. The molecule has 2 saturated carbocycles. The molecule has 6 rings (SSSR count). The van der Waals surface area contributed by atoms with Gasteiger partial charge in [0.1, 0.15) is 11.3 Å². The molecule has 0 N–H and O–H groups in total. The first-order valence-corrected chi connectivity index (χ1v) is 14.7. The van der Waals surface area contributed by atoms with Gasteiger partial charge in [-0.2, -0.15) is 5.10 Å². The van der Waals surface area contributed by atoms with Gasteiger partial charge in [0.05, 0.1) is 24.0 Å². The number of hydrogen-bond donors (Lipinski definition) is 0. The number of anilines is 1. The molecule has 1 amide bonds. The Morgan fingerprint density at radius 1 is 1.10 bits per heavy atom. The molecule has 2 aliphatic carbocycles. The number of pyridine rings is 1. The van der Waals surface area contributed by atoms with Gasteiger partial charge < -0.3 is 14.5 Å². The van der Waals surface area contributed by atoms with E-state index in [0.717, 1.165) is 55.2 Å². The molecule has 2 atom stereocenters. The van der Waals surface area contributed by atoms with Gasteiger partial charge in [-0.15, -0.1) is 10.2 Å². The minimum atomic E-state index is -0.506. The number of nitrogens with zero attached hydrogens (tertiary/aromatic N) is 8. The number of amides is 1. The second kappa shape index (κ2) is 10.8.